The molecule has 1 unspecified atom stereocenters. The maximum absolute atomic E-state index is 5.57. The predicted molar refractivity (Wildman–Crippen MR) is 73.7 cm³/mol. The van der Waals surface area contributed by atoms with Gasteiger partial charge in [-0.3, -0.25) is 10.4 Å². The summed E-state index contributed by atoms with van der Waals surface area (Å²) in [5.41, 5.74) is 2.76. The van der Waals surface area contributed by atoms with Crippen LogP contribution in [0.15, 0.2) is 4.99 Å². The zero-order valence-corrected chi connectivity index (χ0v) is 11.4. The topological polar surface area (TPSA) is 53.6 Å². The summed E-state index contributed by atoms with van der Waals surface area (Å²) in [4.78, 5) is 6.81. The molecule has 17 heavy (non-hydrogen) atoms. The first-order valence-corrected chi connectivity index (χ1v) is 7.07. The van der Waals surface area contributed by atoms with Gasteiger partial charge in [-0.25, -0.2) is 5.84 Å². The molecule has 0 aromatic carbocycles. The first-order chi connectivity index (χ1) is 8.31. The number of nitrogens with zero attached hydrogens (tertiary/aromatic N) is 2. The molecule has 1 aliphatic rings. The van der Waals surface area contributed by atoms with E-state index in [2.05, 4.69) is 29.2 Å². The number of likely N-dealkylation sites (tertiary alicyclic amines) is 1. The molecular formula is C13H28N4. The smallest absolute Gasteiger partial charge is 0.208 e. The van der Waals surface area contributed by atoms with Crippen LogP contribution in [0.3, 0.4) is 0 Å². The fraction of sp³-hybridized carbons (Fsp3) is 0.923. The average molecular weight is 240 g/mol. The molecule has 0 aliphatic carbocycles. The van der Waals surface area contributed by atoms with Gasteiger partial charge in [0.15, 0.2) is 0 Å². The summed E-state index contributed by atoms with van der Waals surface area (Å²) in [6, 6.07) is 0. The van der Waals surface area contributed by atoms with Gasteiger partial charge in [0.2, 0.25) is 5.96 Å². The summed E-state index contributed by atoms with van der Waals surface area (Å²) in [6.07, 6.45) is 7.63. The standard InChI is InChI=1S/C13H28N4/c1-3-6-12-7-5-10-17(11-8-12)13(16-14)15-9-4-2/h12H,3-11,14H2,1-2H3,(H,15,16). The molecule has 1 rings (SSSR count). The molecule has 0 bridgehead atoms. The molecule has 1 heterocycles. The molecule has 0 spiro atoms. The Morgan fingerprint density at radius 3 is 2.76 bits per heavy atom. The van der Waals surface area contributed by atoms with Gasteiger partial charge in [-0.2, -0.15) is 0 Å². The van der Waals surface area contributed by atoms with Crippen molar-refractivity contribution in [1.82, 2.24) is 10.3 Å². The molecular weight excluding hydrogens is 212 g/mol. The van der Waals surface area contributed by atoms with Crippen LogP contribution >= 0.6 is 0 Å². The summed E-state index contributed by atoms with van der Waals surface area (Å²) < 4.78 is 0. The van der Waals surface area contributed by atoms with E-state index in [9.17, 15) is 0 Å². The molecule has 1 fully saturated rings. The first-order valence-electron chi connectivity index (χ1n) is 7.07. The van der Waals surface area contributed by atoms with Crippen LogP contribution in [0.2, 0.25) is 0 Å². The second-order valence-corrected chi connectivity index (χ2v) is 4.92. The van der Waals surface area contributed by atoms with E-state index in [1.807, 2.05) is 0 Å². The maximum Gasteiger partial charge on any atom is 0.208 e. The van der Waals surface area contributed by atoms with Crippen molar-refractivity contribution in [2.24, 2.45) is 16.8 Å². The fourth-order valence-electron chi connectivity index (χ4n) is 2.53. The minimum Gasteiger partial charge on any atom is -0.342 e. The van der Waals surface area contributed by atoms with Crippen LogP contribution in [0.25, 0.3) is 0 Å². The Hall–Kier alpha value is -0.770. The van der Waals surface area contributed by atoms with Crippen molar-refractivity contribution in [2.45, 2.75) is 52.4 Å². The molecule has 1 aliphatic heterocycles. The minimum atomic E-state index is 0.856. The molecule has 0 aromatic rings. The molecule has 100 valence electrons. The van der Waals surface area contributed by atoms with Crippen LogP contribution in [0, 0.1) is 5.92 Å². The van der Waals surface area contributed by atoms with E-state index in [1.54, 1.807) is 0 Å². The zero-order chi connectivity index (χ0) is 12.5. The van der Waals surface area contributed by atoms with Crippen molar-refractivity contribution < 1.29 is 0 Å². The van der Waals surface area contributed by atoms with Gasteiger partial charge in [0.1, 0.15) is 0 Å². The van der Waals surface area contributed by atoms with Crippen LogP contribution in [-0.2, 0) is 0 Å². The summed E-state index contributed by atoms with van der Waals surface area (Å²) in [6.45, 7) is 7.45. The highest BCUT2D eigenvalue weighted by Gasteiger charge is 2.18. The van der Waals surface area contributed by atoms with Crippen molar-refractivity contribution >= 4 is 5.96 Å². The van der Waals surface area contributed by atoms with E-state index in [1.165, 1.54) is 32.1 Å². The Balaban J connectivity index is 2.48. The van der Waals surface area contributed by atoms with E-state index >= 15 is 0 Å². The Morgan fingerprint density at radius 2 is 2.12 bits per heavy atom. The highest BCUT2D eigenvalue weighted by Crippen LogP contribution is 2.21. The van der Waals surface area contributed by atoms with E-state index in [4.69, 9.17) is 5.84 Å². The number of nitrogens with one attached hydrogen (secondary N) is 1. The number of nitrogens with two attached hydrogens (primary N) is 1. The summed E-state index contributed by atoms with van der Waals surface area (Å²) in [5, 5.41) is 0. The van der Waals surface area contributed by atoms with Crippen molar-refractivity contribution in [3.63, 3.8) is 0 Å². The van der Waals surface area contributed by atoms with Gasteiger partial charge in [0.25, 0.3) is 0 Å². The lowest BCUT2D eigenvalue weighted by Gasteiger charge is -2.23. The van der Waals surface area contributed by atoms with Crippen molar-refractivity contribution in [1.29, 1.82) is 0 Å². The van der Waals surface area contributed by atoms with E-state index in [0.717, 1.165) is 37.9 Å². The normalized spacial score (nSPS) is 22.4. The SMILES string of the molecule is CCCN=C(NN)N1CCCC(CCC)CC1. The molecule has 0 saturated carbocycles. The third-order valence-electron chi connectivity index (χ3n) is 3.46. The lowest BCUT2D eigenvalue weighted by atomic mass is 9.96. The van der Waals surface area contributed by atoms with Gasteiger partial charge in [-0.05, 0) is 31.6 Å². The highest BCUT2D eigenvalue weighted by atomic mass is 15.4. The number of hydrazine groups is 1. The van der Waals surface area contributed by atoms with Crippen molar-refractivity contribution in [2.75, 3.05) is 19.6 Å². The molecule has 4 nitrogen and oxygen atoms in total. The fourth-order valence-corrected chi connectivity index (χ4v) is 2.53. The predicted octanol–water partition coefficient (Wildman–Crippen LogP) is 2.12. The third kappa shape index (κ3) is 4.94. The minimum absolute atomic E-state index is 0.856. The van der Waals surface area contributed by atoms with Crippen LogP contribution < -0.4 is 11.3 Å². The van der Waals surface area contributed by atoms with Gasteiger partial charge in [0, 0.05) is 19.6 Å². The van der Waals surface area contributed by atoms with Crippen LogP contribution in [0.5, 0.6) is 0 Å². The monoisotopic (exact) mass is 240 g/mol. The van der Waals surface area contributed by atoms with Crippen molar-refractivity contribution in [3.05, 3.63) is 0 Å². The first kappa shape index (κ1) is 14.3. The molecule has 0 radical (unpaired) electrons. The number of hydrogen-bond acceptors (Lipinski definition) is 2. The number of rotatable bonds is 4. The van der Waals surface area contributed by atoms with Gasteiger partial charge < -0.3 is 4.90 Å². The van der Waals surface area contributed by atoms with Crippen molar-refractivity contribution in [3.8, 4) is 0 Å². The van der Waals surface area contributed by atoms with Gasteiger partial charge in [-0.1, -0.05) is 26.7 Å². The van der Waals surface area contributed by atoms with E-state index in [-0.39, 0.29) is 0 Å². The second-order valence-electron chi connectivity index (χ2n) is 4.92. The largest absolute Gasteiger partial charge is 0.342 e. The molecule has 0 amide bonds. The Bertz CT molecular complexity index is 227. The summed E-state index contributed by atoms with van der Waals surface area (Å²) in [7, 11) is 0. The Labute approximate surface area is 106 Å². The van der Waals surface area contributed by atoms with E-state index < -0.39 is 0 Å². The van der Waals surface area contributed by atoms with Crippen LogP contribution in [-0.4, -0.2) is 30.5 Å². The molecule has 3 N–H and O–H groups in total. The third-order valence-corrected chi connectivity index (χ3v) is 3.46. The van der Waals surface area contributed by atoms with Crippen LogP contribution in [0.4, 0.5) is 0 Å². The maximum atomic E-state index is 5.57. The quantitative estimate of drug-likeness (QED) is 0.342. The lowest BCUT2D eigenvalue weighted by Crippen LogP contribution is -2.45. The van der Waals surface area contributed by atoms with Crippen LogP contribution in [0.1, 0.15) is 52.4 Å². The summed E-state index contributed by atoms with van der Waals surface area (Å²) in [5.74, 6) is 7.34. The highest BCUT2D eigenvalue weighted by molar-refractivity contribution is 5.79. The molecule has 1 saturated heterocycles. The number of aliphatic imine (C=N–C) groups is 1. The second kappa shape index (κ2) is 8.34. The zero-order valence-electron chi connectivity index (χ0n) is 11.4. The number of hydrogen-bond donors (Lipinski definition) is 2. The van der Waals surface area contributed by atoms with Gasteiger partial charge in [-0.15, -0.1) is 0 Å². The molecule has 4 heteroatoms. The average Bonchev–Trinajstić information content (AvgIpc) is 2.57. The molecule has 1 atom stereocenters. The van der Waals surface area contributed by atoms with Gasteiger partial charge >= 0.3 is 0 Å². The molecule has 0 aromatic heterocycles. The Kier molecular flexibility index (Phi) is 7.01. The summed E-state index contributed by atoms with van der Waals surface area (Å²) >= 11 is 0. The number of guanidine groups is 1. The van der Waals surface area contributed by atoms with Gasteiger partial charge in [0.05, 0.1) is 0 Å². The lowest BCUT2D eigenvalue weighted by molar-refractivity contribution is 0.392. The van der Waals surface area contributed by atoms with E-state index in [0.29, 0.717) is 0 Å². The Morgan fingerprint density at radius 1 is 1.29 bits per heavy atom.